The topological polar surface area (TPSA) is 77.5 Å². The van der Waals surface area contributed by atoms with Crippen LogP contribution in [0.25, 0.3) is 0 Å². The Bertz CT molecular complexity index is 1590. The number of rotatable bonds is 15. The summed E-state index contributed by atoms with van der Waals surface area (Å²) in [7, 11) is 2.99. The van der Waals surface area contributed by atoms with E-state index in [1.807, 2.05) is 53.4 Å². The summed E-state index contributed by atoms with van der Waals surface area (Å²) in [5.41, 5.74) is 3.30. The summed E-state index contributed by atoms with van der Waals surface area (Å²) in [6, 6.07) is 26.3. The normalized spacial score (nSPS) is 23.3. The van der Waals surface area contributed by atoms with Gasteiger partial charge in [-0.2, -0.15) is 0 Å². The molecule has 2 fully saturated rings. The van der Waals surface area contributed by atoms with E-state index in [0.717, 1.165) is 86.3 Å². The van der Waals surface area contributed by atoms with Gasteiger partial charge in [0.2, 0.25) is 5.91 Å². The number of anilines is 1. The Hall–Kier alpha value is -4.30. The number of carbonyl (C=O) groups is 2. The Kier molecular flexibility index (Phi) is 11.2. The Labute approximate surface area is 291 Å². The number of amides is 1. The molecule has 0 aliphatic carbocycles. The molecule has 0 N–H and O–H groups in total. The second-order valence-corrected chi connectivity index (χ2v) is 13.5. The zero-order valence-electron chi connectivity index (χ0n) is 29.1. The number of methoxy groups -OCH3 is 2. The summed E-state index contributed by atoms with van der Waals surface area (Å²) >= 11 is 0. The Morgan fingerprint density at radius 3 is 2.35 bits per heavy atom. The van der Waals surface area contributed by atoms with Gasteiger partial charge in [-0.25, -0.2) is 4.79 Å². The predicted octanol–water partition coefficient (Wildman–Crippen LogP) is 7.31. The lowest BCUT2D eigenvalue weighted by Gasteiger charge is -2.45. The maximum Gasteiger partial charge on any atom is 0.337 e. The Morgan fingerprint density at radius 1 is 0.898 bits per heavy atom. The van der Waals surface area contributed by atoms with E-state index in [1.54, 1.807) is 13.4 Å². The highest BCUT2D eigenvalue weighted by Gasteiger charge is 2.62. The minimum Gasteiger partial charge on any atom is -0.504 e. The molecule has 3 aliphatic rings. The largest absolute Gasteiger partial charge is 0.504 e. The van der Waals surface area contributed by atoms with Crippen molar-refractivity contribution in [3.8, 4) is 11.5 Å². The van der Waals surface area contributed by atoms with E-state index < -0.39 is 5.41 Å². The number of fused-ring (bicyclic) bond motifs is 4. The van der Waals surface area contributed by atoms with Gasteiger partial charge in [0.15, 0.2) is 0 Å². The van der Waals surface area contributed by atoms with Crippen molar-refractivity contribution in [3.63, 3.8) is 0 Å². The van der Waals surface area contributed by atoms with E-state index >= 15 is 0 Å². The van der Waals surface area contributed by atoms with Gasteiger partial charge in [0.1, 0.15) is 18.1 Å². The average Bonchev–Trinajstić information content (AvgIpc) is 3.63. The fraction of sp³-hybridized carbons (Fsp3) is 0.463. The summed E-state index contributed by atoms with van der Waals surface area (Å²) in [6.45, 7) is 5.81. The molecule has 260 valence electrons. The van der Waals surface area contributed by atoms with Crippen LogP contribution < -0.4 is 14.4 Å². The molecule has 49 heavy (non-hydrogen) atoms. The van der Waals surface area contributed by atoms with Crippen LogP contribution >= 0.6 is 0 Å². The molecule has 4 atom stereocenters. The molecule has 2 saturated heterocycles. The third kappa shape index (κ3) is 7.20. The molecule has 3 aromatic rings. The zero-order valence-corrected chi connectivity index (χ0v) is 29.1. The first-order valence-corrected chi connectivity index (χ1v) is 17.9. The Balaban J connectivity index is 1.02. The van der Waals surface area contributed by atoms with Gasteiger partial charge >= 0.3 is 5.97 Å². The van der Waals surface area contributed by atoms with E-state index in [-0.39, 0.29) is 29.8 Å². The molecule has 1 spiro atoms. The van der Waals surface area contributed by atoms with Crippen molar-refractivity contribution in [1.82, 2.24) is 4.90 Å². The second-order valence-electron chi connectivity index (χ2n) is 13.5. The molecule has 8 heteroatoms. The molecule has 0 saturated carbocycles. The Morgan fingerprint density at radius 2 is 1.61 bits per heavy atom. The van der Waals surface area contributed by atoms with E-state index in [4.69, 9.17) is 18.9 Å². The van der Waals surface area contributed by atoms with E-state index in [9.17, 15) is 9.59 Å². The number of carbonyl (C=O) groups excluding carboxylic acids is 2. The molecule has 3 aromatic carbocycles. The van der Waals surface area contributed by atoms with Crippen molar-refractivity contribution in [2.75, 3.05) is 45.4 Å². The predicted molar refractivity (Wildman–Crippen MR) is 191 cm³/mol. The molecular weight excluding hydrogens is 616 g/mol. The van der Waals surface area contributed by atoms with Crippen molar-refractivity contribution < 1.29 is 28.5 Å². The van der Waals surface area contributed by atoms with Crippen molar-refractivity contribution in [2.24, 2.45) is 11.8 Å². The van der Waals surface area contributed by atoms with E-state index in [1.165, 1.54) is 7.11 Å². The van der Waals surface area contributed by atoms with Crippen molar-refractivity contribution >= 4 is 17.6 Å². The average molecular weight is 667 g/mol. The number of piperidine rings is 1. The second kappa shape index (κ2) is 15.9. The smallest absolute Gasteiger partial charge is 0.337 e. The van der Waals surface area contributed by atoms with E-state index in [0.29, 0.717) is 25.3 Å². The number of hydrogen-bond donors (Lipinski definition) is 0. The maximum atomic E-state index is 14.6. The minimum atomic E-state index is -0.599. The van der Waals surface area contributed by atoms with Gasteiger partial charge in [-0.05, 0) is 85.5 Å². The highest BCUT2D eigenvalue weighted by Crippen LogP contribution is 2.55. The highest BCUT2D eigenvalue weighted by molar-refractivity contribution is 6.09. The lowest BCUT2D eigenvalue weighted by atomic mass is 9.67. The quantitative estimate of drug-likeness (QED) is 0.0729. The summed E-state index contributed by atoms with van der Waals surface area (Å²) in [5, 5.41) is 0. The van der Waals surface area contributed by atoms with Crippen molar-refractivity contribution in [1.29, 1.82) is 0 Å². The summed E-state index contributed by atoms with van der Waals surface area (Å²) < 4.78 is 22.4. The van der Waals surface area contributed by atoms with Gasteiger partial charge in [0, 0.05) is 24.8 Å². The maximum absolute atomic E-state index is 14.6. The van der Waals surface area contributed by atoms with Crippen LogP contribution in [0.3, 0.4) is 0 Å². The molecule has 6 rings (SSSR count). The molecule has 8 nitrogen and oxygen atoms in total. The number of hydrogen-bond acceptors (Lipinski definition) is 7. The number of unbranched alkanes of at least 4 members (excludes halogenated alkanes) is 3. The SMILES string of the molecule is CC[C@H]1CN2CC[C@]3(C(=O)N(CCCCCCOc4ccc(OCc5ccccc5)cc4)c4ccccc43)C2C[C@@H]1/C(=C\OC)C(=O)OC. The third-order valence-corrected chi connectivity index (χ3v) is 10.8. The van der Waals surface area contributed by atoms with Crippen LogP contribution in [0.1, 0.15) is 63.0 Å². The molecule has 3 aliphatic heterocycles. The van der Waals surface area contributed by atoms with Crippen molar-refractivity contribution in [2.45, 2.75) is 69.9 Å². The van der Waals surface area contributed by atoms with Gasteiger partial charge in [-0.1, -0.05) is 74.7 Å². The molecule has 1 unspecified atom stereocenters. The lowest BCUT2D eigenvalue weighted by Crippen LogP contribution is -2.55. The van der Waals surface area contributed by atoms with Gasteiger partial charge in [-0.15, -0.1) is 0 Å². The zero-order chi connectivity index (χ0) is 34.2. The van der Waals surface area contributed by atoms with Gasteiger partial charge in [0.05, 0.1) is 38.1 Å². The minimum absolute atomic E-state index is 0.0190. The first-order chi connectivity index (χ1) is 24.0. The lowest BCUT2D eigenvalue weighted by molar-refractivity contribution is -0.137. The molecule has 0 radical (unpaired) electrons. The molecular formula is C41H50N2O6. The fourth-order valence-electron chi connectivity index (χ4n) is 8.34. The van der Waals surface area contributed by atoms with Crippen LogP contribution in [0.5, 0.6) is 11.5 Å². The first-order valence-electron chi connectivity index (χ1n) is 17.9. The first kappa shape index (κ1) is 34.6. The monoisotopic (exact) mass is 666 g/mol. The number of esters is 1. The van der Waals surface area contributed by atoms with Gasteiger partial charge in [-0.3, -0.25) is 9.69 Å². The van der Waals surface area contributed by atoms with Crippen LogP contribution in [-0.4, -0.2) is 63.3 Å². The fourth-order valence-corrected chi connectivity index (χ4v) is 8.34. The van der Waals surface area contributed by atoms with Crippen LogP contribution in [0.2, 0.25) is 0 Å². The standard InChI is InChI=1S/C41H50N2O6/c1-4-31-27-42-24-22-41(38(42)26-34(31)35(29-46-2)39(44)47-3)36-16-10-11-17-37(36)43(40(41)45)23-12-5-6-13-25-48-32-18-20-33(21-19-32)49-28-30-14-8-7-9-15-30/h7-11,14-21,29,31,34,38H,4-6,12-13,22-28H2,1-3H3/b35-29+/t31-,34-,38?,41+/m0/s1. The molecule has 0 bridgehead atoms. The van der Waals surface area contributed by atoms with Crippen molar-refractivity contribution in [3.05, 3.63) is 102 Å². The molecule has 3 heterocycles. The van der Waals surface area contributed by atoms with Crippen LogP contribution in [0.4, 0.5) is 5.69 Å². The van der Waals surface area contributed by atoms with Gasteiger partial charge in [0.25, 0.3) is 0 Å². The van der Waals surface area contributed by atoms with Crippen LogP contribution in [0, 0.1) is 11.8 Å². The highest BCUT2D eigenvalue weighted by atomic mass is 16.5. The summed E-state index contributed by atoms with van der Waals surface area (Å²) in [4.78, 5) is 32.0. The number of para-hydroxylation sites is 1. The van der Waals surface area contributed by atoms with E-state index in [2.05, 4.69) is 42.2 Å². The number of benzene rings is 3. The number of ether oxygens (including phenoxy) is 4. The number of nitrogens with zero attached hydrogens (tertiary/aromatic N) is 2. The van der Waals surface area contributed by atoms with Crippen LogP contribution in [-0.2, 0) is 31.1 Å². The summed E-state index contributed by atoms with van der Waals surface area (Å²) in [6.07, 6.45) is 7.96. The molecule has 1 amide bonds. The van der Waals surface area contributed by atoms with Crippen LogP contribution in [0.15, 0.2) is 90.7 Å². The van der Waals surface area contributed by atoms with Gasteiger partial charge < -0.3 is 23.8 Å². The third-order valence-electron chi connectivity index (χ3n) is 10.8. The molecule has 0 aromatic heterocycles. The summed E-state index contributed by atoms with van der Waals surface area (Å²) in [5.74, 6) is 1.79.